The predicted octanol–water partition coefficient (Wildman–Crippen LogP) is 4.78. The zero-order chi connectivity index (χ0) is 18.5. The van der Waals surface area contributed by atoms with Crippen LogP contribution in [-0.4, -0.2) is 16.1 Å². The number of amides is 1. The molecule has 0 saturated carbocycles. The summed E-state index contributed by atoms with van der Waals surface area (Å²) in [6.45, 7) is 0. The molecule has 0 radical (unpaired) electrons. The molecule has 0 bridgehead atoms. The standard InChI is InChI=1S/C21H15N3O3/c25-19(21-24-23-20(27-21)15-7-3-1-4-8-15)22-16-11-13-18(14-12-16)26-17-9-5-2-6-10-17/h1-14H,(H,22,25). The molecule has 4 rings (SSSR count). The van der Waals surface area contributed by atoms with Crippen molar-refractivity contribution in [3.05, 3.63) is 90.8 Å². The Kier molecular flexibility index (Phi) is 4.61. The molecule has 1 heterocycles. The van der Waals surface area contributed by atoms with Gasteiger partial charge in [-0.2, -0.15) is 0 Å². The minimum absolute atomic E-state index is 0.0986. The minimum Gasteiger partial charge on any atom is -0.457 e. The van der Waals surface area contributed by atoms with Gasteiger partial charge in [0.15, 0.2) is 0 Å². The van der Waals surface area contributed by atoms with Crippen molar-refractivity contribution in [1.29, 1.82) is 0 Å². The number of ether oxygens (including phenoxy) is 1. The van der Waals surface area contributed by atoms with E-state index in [9.17, 15) is 4.79 Å². The average molecular weight is 357 g/mol. The summed E-state index contributed by atoms with van der Waals surface area (Å²) < 4.78 is 11.2. The Hall–Kier alpha value is -3.93. The van der Waals surface area contributed by atoms with Crippen LogP contribution in [-0.2, 0) is 0 Å². The second kappa shape index (κ2) is 7.53. The smallest absolute Gasteiger partial charge is 0.313 e. The molecule has 6 nitrogen and oxygen atoms in total. The van der Waals surface area contributed by atoms with Crippen molar-refractivity contribution in [1.82, 2.24) is 10.2 Å². The molecule has 1 amide bonds. The lowest BCUT2D eigenvalue weighted by Gasteiger charge is -2.07. The summed E-state index contributed by atoms with van der Waals surface area (Å²) in [7, 11) is 0. The van der Waals surface area contributed by atoms with Crippen LogP contribution in [0.25, 0.3) is 11.5 Å². The van der Waals surface area contributed by atoms with Gasteiger partial charge in [0.25, 0.3) is 0 Å². The van der Waals surface area contributed by atoms with Gasteiger partial charge < -0.3 is 14.5 Å². The zero-order valence-electron chi connectivity index (χ0n) is 14.2. The Bertz CT molecular complexity index is 1030. The number of nitrogens with zero attached hydrogens (tertiary/aromatic N) is 2. The third-order valence-corrected chi connectivity index (χ3v) is 3.73. The second-order valence-electron chi connectivity index (χ2n) is 5.67. The normalized spacial score (nSPS) is 10.4. The maximum absolute atomic E-state index is 12.3. The summed E-state index contributed by atoms with van der Waals surface area (Å²) in [6.07, 6.45) is 0. The fraction of sp³-hybridized carbons (Fsp3) is 0. The number of hydrogen-bond acceptors (Lipinski definition) is 5. The molecule has 0 fully saturated rings. The van der Waals surface area contributed by atoms with Crippen molar-refractivity contribution >= 4 is 11.6 Å². The van der Waals surface area contributed by atoms with Crippen LogP contribution in [0.2, 0.25) is 0 Å². The van der Waals surface area contributed by atoms with Crippen LogP contribution in [0.1, 0.15) is 10.7 Å². The SMILES string of the molecule is O=C(Nc1ccc(Oc2ccccc2)cc1)c1nnc(-c2ccccc2)o1. The van der Waals surface area contributed by atoms with Crippen LogP contribution in [0.15, 0.2) is 89.3 Å². The van der Waals surface area contributed by atoms with E-state index in [0.717, 1.165) is 11.3 Å². The molecule has 132 valence electrons. The second-order valence-corrected chi connectivity index (χ2v) is 5.67. The molecule has 0 unspecified atom stereocenters. The summed E-state index contributed by atoms with van der Waals surface area (Å²) in [4.78, 5) is 12.3. The Morgan fingerprint density at radius 3 is 2.11 bits per heavy atom. The number of hydrogen-bond donors (Lipinski definition) is 1. The number of aromatic nitrogens is 2. The Labute approximate surface area is 155 Å². The first-order chi connectivity index (χ1) is 13.3. The maximum Gasteiger partial charge on any atom is 0.313 e. The van der Waals surface area contributed by atoms with Gasteiger partial charge in [-0.05, 0) is 48.5 Å². The third kappa shape index (κ3) is 4.01. The van der Waals surface area contributed by atoms with Crippen LogP contribution in [0.4, 0.5) is 5.69 Å². The lowest BCUT2D eigenvalue weighted by atomic mass is 10.2. The van der Waals surface area contributed by atoms with Crippen LogP contribution >= 0.6 is 0 Å². The van der Waals surface area contributed by atoms with Crippen LogP contribution < -0.4 is 10.1 Å². The van der Waals surface area contributed by atoms with E-state index in [0.29, 0.717) is 17.3 Å². The van der Waals surface area contributed by atoms with Gasteiger partial charge in [0.2, 0.25) is 5.89 Å². The highest BCUT2D eigenvalue weighted by Crippen LogP contribution is 2.23. The topological polar surface area (TPSA) is 77.2 Å². The molecule has 1 aromatic heterocycles. The fourth-order valence-electron chi connectivity index (χ4n) is 2.43. The summed E-state index contributed by atoms with van der Waals surface area (Å²) in [6, 6.07) is 25.8. The van der Waals surface area contributed by atoms with E-state index in [1.165, 1.54) is 0 Å². The van der Waals surface area contributed by atoms with E-state index in [1.807, 2.05) is 60.7 Å². The molecule has 3 aromatic carbocycles. The number of carbonyl (C=O) groups is 1. The average Bonchev–Trinajstić information content (AvgIpc) is 3.21. The number of carbonyl (C=O) groups excluding carboxylic acids is 1. The number of rotatable bonds is 5. The van der Waals surface area contributed by atoms with Gasteiger partial charge >= 0.3 is 11.8 Å². The van der Waals surface area contributed by atoms with Crippen LogP contribution in [0, 0.1) is 0 Å². The highest BCUT2D eigenvalue weighted by molar-refractivity contribution is 6.00. The first kappa shape index (κ1) is 16.5. The minimum atomic E-state index is -0.471. The van der Waals surface area contributed by atoms with Gasteiger partial charge in [-0.25, -0.2) is 0 Å². The molecule has 0 aliphatic rings. The molecule has 0 aliphatic carbocycles. The first-order valence-electron chi connectivity index (χ1n) is 8.31. The van der Waals surface area contributed by atoms with Gasteiger partial charge in [-0.15, -0.1) is 10.2 Å². The molecular weight excluding hydrogens is 342 g/mol. The lowest BCUT2D eigenvalue weighted by Crippen LogP contribution is -2.12. The van der Waals surface area contributed by atoms with E-state index in [-0.39, 0.29) is 5.89 Å². The highest BCUT2D eigenvalue weighted by Gasteiger charge is 2.16. The maximum atomic E-state index is 12.3. The van der Waals surface area contributed by atoms with Crippen molar-refractivity contribution in [2.75, 3.05) is 5.32 Å². The molecular formula is C21H15N3O3. The third-order valence-electron chi connectivity index (χ3n) is 3.73. The highest BCUT2D eigenvalue weighted by atomic mass is 16.5. The molecule has 0 spiro atoms. The van der Waals surface area contributed by atoms with Crippen molar-refractivity contribution in [2.45, 2.75) is 0 Å². The number of para-hydroxylation sites is 1. The van der Waals surface area contributed by atoms with E-state index in [1.54, 1.807) is 24.3 Å². The van der Waals surface area contributed by atoms with Gasteiger partial charge in [0.05, 0.1) is 0 Å². The number of benzene rings is 3. The fourth-order valence-corrected chi connectivity index (χ4v) is 2.43. The van der Waals surface area contributed by atoms with E-state index < -0.39 is 5.91 Å². The Morgan fingerprint density at radius 1 is 0.778 bits per heavy atom. The molecule has 0 saturated heterocycles. The number of nitrogens with one attached hydrogen (secondary N) is 1. The van der Waals surface area contributed by atoms with E-state index in [4.69, 9.17) is 9.15 Å². The zero-order valence-corrected chi connectivity index (χ0v) is 14.2. The van der Waals surface area contributed by atoms with E-state index >= 15 is 0 Å². The Balaban J connectivity index is 1.42. The summed E-state index contributed by atoms with van der Waals surface area (Å²) in [5.41, 5.74) is 1.35. The van der Waals surface area contributed by atoms with Crippen molar-refractivity contribution in [3.63, 3.8) is 0 Å². The molecule has 1 N–H and O–H groups in total. The monoisotopic (exact) mass is 357 g/mol. The molecule has 0 aliphatic heterocycles. The largest absolute Gasteiger partial charge is 0.457 e. The summed E-state index contributed by atoms with van der Waals surface area (Å²) in [5.74, 6) is 1.14. The van der Waals surface area contributed by atoms with E-state index in [2.05, 4.69) is 15.5 Å². The molecule has 27 heavy (non-hydrogen) atoms. The first-order valence-corrected chi connectivity index (χ1v) is 8.31. The summed E-state index contributed by atoms with van der Waals surface area (Å²) >= 11 is 0. The Morgan fingerprint density at radius 2 is 1.41 bits per heavy atom. The molecule has 4 aromatic rings. The van der Waals surface area contributed by atoms with Crippen molar-refractivity contribution < 1.29 is 13.9 Å². The summed E-state index contributed by atoms with van der Waals surface area (Å²) in [5, 5.41) is 10.4. The van der Waals surface area contributed by atoms with Gasteiger partial charge in [0.1, 0.15) is 11.5 Å². The van der Waals surface area contributed by atoms with Crippen molar-refractivity contribution in [3.8, 4) is 23.0 Å². The van der Waals surface area contributed by atoms with Crippen LogP contribution in [0.3, 0.4) is 0 Å². The number of anilines is 1. The van der Waals surface area contributed by atoms with Gasteiger partial charge in [-0.1, -0.05) is 36.4 Å². The molecule has 6 heteroatoms. The lowest BCUT2D eigenvalue weighted by molar-refractivity contribution is 0.0991. The van der Waals surface area contributed by atoms with Crippen molar-refractivity contribution in [2.24, 2.45) is 0 Å². The predicted molar refractivity (Wildman–Crippen MR) is 101 cm³/mol. The quantitative estimate of drug-likeness (QED) is 0.556. The van der Waals surface area contributed by atoms with Gasteiger partial charge in [-0.3, -0.25) is 4.79 Å². The van der Waals surface area contributed by atoms with Gasteiger partial charge in [0, 0.05) is 11.3 Å². The van der Waals surface area contributed by atoms with Crippen LogP contribution in [0.5, 0.6) is 11.5 Å². The molecule has 0 atom stereocenters.